The van der Waals surface area contributed by atoms with Gasteiger partial charge in [-0.1, -0.05) is 12.6 Å². The predicted molar refractivity (Wildman–Crippen MR) is 66.5 cm³/mol. The lowest BCUT2D eigenvalue weighted by Crippen LogP contribution is -2.02. The molecule has 17 heavy (non-hydrogen) atoms. The Morgan fingerprint density at radius 3 is 2.82 bits per heavy atom. The van der Waals surface area contributed by atoms with Crippen molar-refractivity contribution in [2.45, 2.75) is 6.92 Å². The fourth-order valence-corrected chi connectivity index (χ4v) is 1.75. The molecular weight excluding hydrogens is 216 g/mol. The third kappa shape index (κ3) is 1.82. The number of carbonyl (C=O) groups excluding carboxylic acids is 1. The number of aryl methyl sites for hydroxylation is 2. The van der Waals surface area contributed by atoms with Crippen LogP contribution in [0.4, 0.5) is 0 Å². The van der Waals surface area contributed by atoms with E-state index in [4.69, 9.17) is 0 Å². The van der Waals surface area contributed by atoms with Gasteiger partial charge in [0.1, 0.15) is 5.82 Å². The molecule has 0 fully saturated rings. The zero-order valence-corrected chi connectivity index (χ0v) is 10.2. The molecule has 0 atom stereocenters. The number of benzene rings is 1. The standard InChI is InChI=1S/C13H14N2O2/c1-8(13(16)17-4)10-5-6-12-11(7-10)14-9(2)15(12)3/h5-7H,1H2,2-4H3. The molecule has 4 heteroatoms. The van der Waals surface area contributed by atoms with E-state index in [-0.39, 0.29) is 0 Å². The Labute approximate surface area is 99.5 Å². The molecule has 0 amide bonds. The maximum Gasteiger partial charge on any atom is 0.337 e. The van der Waals surface area contributed by atoms with Crippen molar-refractivity contribution in [3.05, 3.63) is 36.2 Å². The van der Waals surface area contributed by atoms with E-state index in [9.17, 15) is 4.79 Å². The first-order valence-corrected chi connectivity index (χ1v) is 5.25. The molecule has 4 nitrogen and oxygen atoms in total. The lowest BCUT2D eigenvalue weighted by atomic mass is 10.1. The summed E-state index contributed by atoms with van der Waals surface area (Å²) in [6, 6.07) is 5.63. The highest BCUT2D eigenvalue weighted by atomic mass is 16.5. The lowest BCUT2D eigenvalue weighted by Gasteiger charge is -2.03. The molecule has 88 valence electrons. The number of esters is 1. The number of imidazole rings is 1. The summed E-state index contributed by atoms with van der Waals surface area (Å²) in [5, 5.41) is 0. The van der Waals surface area contributed by atoms with Crippen molar-refractivity contribution in [2.75, 3.05) is 7.11 Å². The van der Waals surface area contributed by atoms with E-state index in [0.717, 1.165) is 22.4 Å². The SMILES string of the molecule is C=C(C(=O)OC)c1ccc2c(c1)nc(C)n2C. The van der Waals surface area contributed by atoms with Crippen LogP contribution in [-0.2, 0) is 16.6 Å². The molecule has 2 aromatic rings. The molecule has 0 bridgehead atoms. The second-order valence-electron chi connectivity index (χ2n) is 3.89. The van der Waals surface area contributed by atoms with Gasteiger partial charge in [-0.25, -0.2) is 9.78 Å². The quantitative estimate of drug-likeness (QED) is 0.586. The van der Waals surface area contributed by atoms with Crippen molar-refractivity contribution in [3.8, 4) is 0 Å². The van der Waals surface area contributed by atoms with Crippen molar-refractivity contribution in [1.82, 2.24) is 9.55 Å². The van der Waals surface area contributed by atoms with Crippen LogP contribution >= 0.6 is 0 Å². The van der Waals surface area contributed by atoms with Gasteiger partial charge in [0.2, 0.25) is 0 Å². The van der Waals surface area contributed by atoms with Crippen LogP contribution in [0.15, 0.2) is 24.8 Å². The highest BCUT2D eigenvalue weighted by Crippen LogP contribution is 2.21. The fourth-order valence-electron chi connectivity index (χ4n) is 1.75. The highest BCUT2D eigenvalue weighted by Gasteiger charge is 2.11. The van der Waals surface area contributed by atoms with Crippen molar-refractivity contribution >= 4 is 22.6 Å². The maximum absolute atomic E-state index is 11.4. The topological polar surface area (TPSA) is 44.1 Å². The molecule has 0 aliphatic heterocycles. The van der Waals surface area contributed by atoms with Crippen LogP contribution < -0.4 is 0 Å². The summed E-state index contributed by atoms with van der Waals surface area (Å²) in [5.41, 5.74) is 2.97. The summed E-state index contributed by atoms with van der Waals surface area (Å²) in [4.78, 5) is 15.8. The number of hydrogen-bond acceptors (Lipinski definition) is 3. The van der Waals surface area contributed by atoms with Crippen LogP contribution in [0.2, 0.25) is 0 Å². The summed E-state index contributed by atoms with van der Waals surface area (Å²) < 4.78 is 6.64. The van der Waals surface area contributed by atoms with E-state index in [2.05, 4.69) is 16.3 Å². The van der Waals surface area contributed by atoms with E-state index in [1.54, 1.807) is 0 Å². The molecule has 0 spiro atoms. The van der Waals surface area contributed by atoms with Crippen LogP contribution in [0.3, 0.4) is 0 Å². The minimum atomic E-state index is -0.419. The molecule has 1 heterocycles. The normalized spacial score (nSPS) is 10.5. The second-order valence-corrected chi connectivity index (χ2v) is 3.89. The Hall–Kier alpha value is -2.10. The third-order valence-electron chi connectivity index (χ3n) is 2.88. The Morgan fingerprint density at radius 1 is 1.47 bits per heavy atom. The van der Waals surface area contributed by atoms with Crippen molar-refractivity contribution < 1.29 is 9.53 Å². The van der Waals surface area contributed by atoms with Crippen LogP contribution in [0.1, 0.15) is 11.4 Å². The van der Waals surface area contributed by atoms with Gasteiger partial charge in [0, 0.05) is 7.05 Å². The van der Waals surface area contributed by atoms with E-state index in [1.165, 1.54) is 7.11 Å². The molecule has 0 radical (unpaired) electrons. The van der Waals surface area contributed by atoms with Gasteiger partial charge in [-0.2, -0.15) is 0 Å². The van der Waals surface area contributed by atoms with Gasteiger partial charge in [-0.15, -0.1) is 0 Å². The first-order valence-electron chi connectivity index (χ1n) is 5.25. The van der Waals surface area contributed by atoms with E-state index < -0.39 is 5.97 Å². The maximum atomic E-state index is 11.4. The molecule has 0 aliphatic carbocycles. The summed E-state index contributed by atoms with van der Waals surface area (Å²) in [6.07, 6.45) is 0. The zero-order chi connectivity index (χ0) is 12.6. The third-order valence-corrected chi connectivity index (χ3v) is 2.88. The Morgan fingerprint density at radius 2 is 2.18 bits per heavy atom. The molecule has 1 aromatic carbocycles. The molecule has 1 aromatic heterocycles. The van der Waals surface area contributed by atoms with Crippen molar-refractivity contribution in [2.24, 2.45) is 7.05 Å². The van der Waals surface area contributed by atoms with Gasteiger partial charge in [-0.3, -0.25) is 0 Å². The van der Waals surface area contributed by atoms with Crippen molar-refractivity contribution in [3.63, 3.8) is 0 Å². The number of fused-ring (bicyclic) bond motifs is 1. The average Bonchev–Trinajstić information content (AvgIpc) is 2.62. The number of ether oxygens (including phenoxy) is 1. The number of methoxy groups -OCH3 is 1. The Kier molecular flexibility index (Phi) is 2.71. The molecule has 0 aliphatic rings. The number of aromatic nitrogens is 2. The molecule has 0 N–H and O–H groups in total. The lowest BCUT2D eigenvalue weighted by molar-refractivity contribution is -0.133. The van der Waals surface area contributed by atoms with Gasteiger partial charge in [0.25, 0.3) is 0 Å². The molecule has 0 saturated heterocycles. The minimum absolute atomic E-state index is 0.345. The van der Waals surface area contributed by atoms with Crippen LogP contribution in [0, 0.1) is 6.92 Å². The monoisotopic (exact) mass is 230 g/mol. The van der Waals surface area contributed by atoms with Crippen LogP contribution in [0.25, 0.3) is 16.6 Å². The number of carbonyl (C=O) groups is 1. The summed E-state index contributed by atoms with van der Waals surface area (Å²) in [5.74, 6) is 0.512. The number of hydrogen-bond donors (Lipinski definition) is 0. The van der Waals surface area contributed by atoms with Gasteiger partial charge in [0.15, 0.2) is 0 Å². The number of nitrogens with zero attached hydrogens (tertiary/aromatic N) is 2. The molecular formula is C13H14N2O2. The van der Waals surface area contributed by atoms with Gasteiger partial charge >= 0.3 is 5.97 Å². The summed E-state index contributed by atoms with van der Waals surface area (Å²) >= 11 is 0. The summed E-state index contributed by atoms with van der Waals surface area (Å²) in [7, 11) is 3.30. The molecule has 0 unspecified atom stereocenters. The van der Waals surface area contributed by atoms with E-state index in [0.29, 0.717) is 5.57 Å². The van der Waals surface area contributed by atoms with Crippen molar-refractivity contribution in [1.29, 1.82) is 0 Å². The summed E-state index contributed by atoms with van der Waals surface area (Å²) in [6.45, 7) is 5.66. The van der Waals surface area contributed by atoms with Crippen LogP contribution in [0.5, 0.6) is 0 Å². The molecule has 0 saturated carbocycles. The van der Waals surface area contributed by atoms with Gasteiger partial charge < -0.3 is 9.30 Å². The zero-order valence-electron chi connectivity index (χ0n) is 10.2. The smallest absolute Gasteiger partial charge is 0.337 e. The first kappa shape index (κ1) is 11.4. The average molecular weight is 230 g/mol. The Balaban J connectivity index is 2.52. The van der Waals surface area contributed by atoms with Gasteiger partial charge in [0.05, 0.1) is 23.7 Å². The largest absolute Gasteiger partial charge is 0.465 e. The van der Waals surface area contributed by atoms with Gasteiger partial charge in [-0.05, 0) is 24.6 Å². The van der Waals surface area contributed by atoms with E-state index in [1.807, 2.05) is 36.7 Å². The number of rotatable bonds is 2. The van der Waals surface area contributed by atoms with E-state index >= 15 is 0 Å². The second kappa shape index (κ2) is 4.05. The minimum Gasteiger partial charge on any atom is -0.465 e. The Bertz CT molecular complexity index is 611. The van der Waals surface area contributed by atoms with Crippen LogP contribution in [-0.4, -0.2) is 22.6 Å². The fraction of sp³-hybridized carbons (Fsp3) is 0.231. The highest BCUT2D eigenvalue weighted by molar-refractivity contribution is 6.16. The first-order chi connectivity index (χ1) is 8.04. The predicted octanol–water partition coefficient (Wildman–Crippen LogP) is 2.07. The molecule has 2 rings (SSSR count).